The SMILES string of the molecule is Cc1cc(Br)c(NC(=O)CCCC(=O)O)cc1C. The third kappa shape index (κ3) is 4.49. The highest BCUT2D eigenvalue weighted by molar-refractivity contribution is 9.10. The van der Waals surface area contributed by atoms with E-state index in [-0.39, 0.29) is 18.7 Å². The van der Waals surface area contributed by atoms with Crippen LogP contribution >= 0.6 is 15.9 Å². The second-order valence-corrected chi connectivity index (χ2v) is 5.07. The van der Waals surface area contributed by atoms with E-state index in [1.807, 2.05) is 26.0 Å². The summed E-state index contributed by atoms with van der Waals surface area (Å²) in [7, 11) is 0. The number of benzene rings is 1. The summed E-state index contributed by atoms with van der Waals surface area (Å²) in [5.74, 6) is -1.05. The molecule has 0 atom stereocenters. The number of halogens is 1. The fourth-order valence-corrected chi connectivity index (χ4v) is 2.05. The number of hydrogen-bond donors (Lipinski definition) is 2. The number of amides is 1. The Morgan fingerprint density at radius 3 is 2.44 bits per heavy atom. The molecule has 1 aromatic carbocycles. The van der Waals surface area contributed by atoms with Gasteiger partial charge in [-0.05, 0) is 59.5 Å². The van der Waals surface area contributed by atoms with Crippen LogP contribution in [0.5, 0.6) is 0 Å². The van der Waals surface area contributed by atoms with E-state index in [0.29, 0.717) is 6.42 Å². The van der Waals surface area contributed by atoms with E-state index in [9.17, 15) is 9.59 Å². The number of carbonyl (C=O) groups excluding carboxylic acids is 1. The Labute approximate surface area is 115 Å². The standard InChI is InChI=1S/C13H16BrNO3/c1-8-6-10(14)11(7-9(8)2)15-12(16)4-3-5-13(17)18/h6-7H,3-5H2,1-2H3,(H,15,16)(H,17,18). The van der Waals surface area contributed by atoms with E-state index in [4.69, 9.17) is 5.11 Å². The van der Waals surface area contributed by atoms with Crippen LogP contribution in [-0.4, -0.2) is 17.0 Å². The van der Waals surface area contributed by atoms with Crippen LogP contribution in [0.3, 0.4) is 0 Å². The van der Waals surface area contributed by atoms with E-state index < -0.39 is 5.97 Å². The maximum Gasteiger partial charge on any atom is 0.303 e. The van der Waals surface area contributed by atoms with Crippen LogP contribution in [0.4, 0.5) is 5.69 Å². The van der Waals surface area contributed by atoms with Gasteiger partial charge in [-0.2, -0.15) is 0 Å². The molecular weight excluding hydrogens is 298 g/mol. The van der Waals surface area contributed by atoms with Crippen molar-refractivity contribution in [1.29, 1.82) is 0 Å². The fraction of sp³-hybridized carbons (Fsp3) is 0.385. The van der Waals surface area contributed by atoms with Crippen molar-refractivity contribution in [1.82, 2.24) is 0 Å². The molecule has 98 valence electrons. The van der Waals surface area contributed by atoms with Gasteiger partial charge in [0.2, 0.25) is 5.91 Å². The van der Waals surface area contributed by atoms with E-state index in [1.165, 1.54) is 0 Å². The van der Waals surface area contributed by atoms with Crippen LogP contribution in [0.2, 0.25) is 0 Å². The molecule has 0 heterocycles. The number of aliphatic carboxylic acids is 1. The molecule has 0 radical (unpaired) electrons. The van der Waals surface area contributed by atoms with Crippen LogP contribution in [-0.2, 0) is 9.59 Å². The molecule has 0 aromatic heterocycles. The molecule has 18 heavy (non-hydrogen) atoms. The summed E-state index contributed by atoms with van der Waals surface area (Å²) in [5, 5.41) is 11.3. The zero-order chi connectivity index (χ0) is 13.7. The first-order chi connectivity index (χ1) is 8.40. The lowest BCUT2D eigenvalue weighted by Gasteiger charge is -2.10. The minimum Gasteiger partial charge on any atom is -0.481 e. The van der Waals surface area contributed by atoms with E-state index in [2.05, 4.69) is 21.2 Å². The number of carbonyl (C=O) groups is 2. The lowest BCUT2D eigenvalue weighted by atomic mass is 10.1. The van der Waals surface area contributed by atoms with Crippen molar-refractivity contribution in [2.24, 2.45) is 0 Å². The van der Waals surface area contributed by atoms with Gasteiger partial charge in [0.15, 0.2) is 0 Å². The molecule has 1 aromatic rings. The number of carboxylic acid groups (broad SMARTS) is 1. The summed E-state index contributed by atoms with van der Waals surface area (Å²) >= 11 is 3.39. The van der Waals surface area contributed by atoms with Gasteiger partial charge in [0, 0.05) is 17.3 Å². The second-order valence-electron chi connectivity index (χ2n) is 4.21. The second kappa shape index (κ2) is 6.54. The zero-order valence-corrected chi connectivity index (χ0v) is 12.0. The quantitative estimate of drug-likeness (QED) is 0.876. The Morgan fingerprint density at radius 1 is 1.22 bits per heavy atom. The normalized spacial score (nSPS) is 10.2. The van der Waals surface area contributed by atoms with Crippen LogP contribution in [0.15, 0.2) is 16.6 Å². The van der Waals surface area contributed by atoms with Crippen molar-refractivity contribution in [3.05, 3.63) is 27.7 Å². The van der Waals surface area contributed by atoms with Crippen molar-refractivity contribution < 1.29 is 14.7 Å². The third-order valence-electron chi connectivity index (χ3n) is 2.65. The molecule has 5 heteroatoms. The molecule has 2 N–H and O–H groups in total. The van der Waals surface area contributed by atoms with Gasteiger partial charge >= 0.3 is 5.97 Å². The molecule has 0 spiro atoms. The highest BCUT2D eigenvalue weighted by Crippen LogP contribution is 2.26. The lowest BCUT2D eigenvalue weighted by Crippen LogP contribution is -2.12. The number of anilines is 1. The van der Waals surface area contributed by atoms with Gasteiger partial charge in [-0.1, -0.05) is 0 Å². The summed E-state index contributed by atoms with van der Waals surface area (Å²) in [6.07, 6.45) is 0.580. The predicted octanol–water partition coefficient (Wildman–Crippen LogP) is 3.26. The van der Waals surface area contributed by atoms with Gasteiger partial charge in [-0.25, -0.2) is 0 Å². The molecule has 4 nitrogen and oxygen atoms in total. The first-order valence-electron chi connectivity index (χ1n) is 5.68. The van der Waals surface area contributed by atoms with Crippen LogP contribution in [0, 0.1) is 13.8 Å². The summed E-state index contributed by atoms with van der Waals surface area (Å²) in [5.41, 5.74) is 2.96. The average molecular weight is 314 g/mol. The van der Waals surface area contributed by atoms with Crippen molar-refractivity contribution >= 4 is 33.5 Å². The lowest BCUT2D eigenvalue weighted by molar-refractivity contribution is -0.137. The van der Waals surface area contributed by atoms with E-state index in [0.717, 1.165) is 21.3 Å². The van der Waals surface area contributed by atoms with Gasteiger partial charge in [-0.15, -0.1) is 0 Å². The first kappa shape index (κ1) is 14.7. The summed E-state index contributed by atoms with van der Waals surface area (Å²) in [6, 6.07) is 3.84. The van der Waals surface area contributed by atoms with E-state index >= 15 is 0 Å². The average Bonchev–Trinajstić information content (AvgIpc) is 2.25. The molecule has 0 fully saturated rings. The molecular formula is C13H16BrNO3. The minimum atomic E-state index is -0.879. The van der Waals surface area contributed by atoms with Gasteiger partial charge in [0.25, 0.3) is 0 Å². The molecule has 0 aliphatic carbocycles. The molecule has 1 rings (SSSR count). The van der Waals surface area contributed by atoms with Crippen molar-refractivity contribution in [3.63, 3.8) is 0 Å². The fourth-order valence-electron chi connectivity index (χ4n) is 1.49. The van der Waals surface area contributed by atoms with Gasteiger partial charge in [0.05, 0.1) is 5.69 Å². The Balaban J connectivity index is 2.59. The maximum absolute atomic E-state index is 11.6. The Bertz CT molecular complexity index is 472. The monoisotopic (exact) mass is 313 g/mol. The highest BCUT2D eigenvalue weighted by atomic mass is 79.9. The molecule has 1 amide bonds. The van der Waals surface area contributed by atoms with Crippen LogP contribution < -0.4 is 5.32 Å². The Kier molecular flexibility index (Phi) is 5.34. The minimum absolute atomic E-state index is 0.0154. The first-order valence-corrected chi connectivity index (χ1v) is 6.48. The maximum atomic E-state index is 11.6. The summed E-state index contributed by atoms with van der Waals surface area (Å²) in [4.78, 5) is 22.0. The van der Waals surface area contributed by atoms with Crippen LogP contribution in [0.25, 0.3) is 0 Å². The smallest absolute Gasteiger partial charge is 0.303 e. The Hall–Kier alpha value is -1.36. The van der Waals surface area contributed by atoms with Gasteiger partial charge in [-0.3, -0.25) is 9.59 Å². The van der Waals surface area contributed by atoms with Gasteiger partial charge in [0.1, 0.15) is 0 Å². The van der Waals surface area contributed by atoms with E-state index in [1.54, 1.807) is 0 Å². The molecule has 0 aliphatic heterocycles. The topological polar surface area (TPSA) is 66.4 Å². The number of aryl methyl sites for hydroxylation is 2. The largest absolute Gasteiger partial charge is 0.481 e. The molecule has 0 aliphatic rings. The predicted molar refractivity (Wildman–Crippen MR) is 73.7 cm³/mol. The highest BCUT2D eigenvalue weighted by Gasteiger charge is 2.08. The van der Waals surface area contributed by atoms with Crippen molar-refractivity contribution in [2.75, 3.05) is 5.32 Å². The van der Waals surface area contributed by atoms with Gasteiger partial charge < -0.3 is 10.4 Å². The molecule has 0 bridgehead atoms. The number of carboxylic acids is 1. The molecule has 0 saturated carbocycles. The molecule has 0 saturated heterocycles. The number of rotatable bonds is 5. The van der Waals surface area contributed by atoms with Crippen molar-refractivity contribution in [2.45, 2.75) is 33.1 Å². The summed E-state index contributed by atoms with van der Waals surface area (Å²) in [6.45, 7) is 3.97. The van der Waals surface area contributed by atoms with Crippen LogP contribution in [0.1, 0.15) is 30.4 Å². The summed E-state index contributed by atoms with van der Waals surface area (Å²) < 4.78 is 0.831. The number of hydrogen-bond acceptors (Lipinski definition) is 2. The Morgan fingerprint density at radius 2 is 1.83 bits per heavy atom. The van der Waals surface area contributed by atoms with Crippen molar-refractivity contribution in [3.8, 4) is 0 Å². The molecule has 0 unspecified atom stereocenters. The third-order valence-corrected chi connectivity index (χ3v) is 3.31. The number of nitrogens with one attached hydrogen (secondary N) is 1. The zero-order valence-electron chi connectivity index (χ0n) is 10.4.